The number of carbonyl (C=O) groups excluding carboxylic acids is 4. The zero-order chi connectivity index (χ0) is 40.4. The number of carbonyl (C=O) groups is 4. The lowest BCUT2D eigenvalue weighted by Crippen LogP contribution is -2.71. The number of amides is 4. The Morgan fingerprint density at radius 2 is 1.36 bits per heavy atom. The Labute approximate surface area is 329 Å². The third-order valence-corrected chi connectivity index (χ3v) is 11.6. The largest absolute Gasteiger partial charge is 0.389 e. The molecule has 3 fully saturated rings. The molecule has 20 heteroatoms. The molecule has 0 bridgehead atoms. The first-order chi connectivity index (χ1) is 26.1. The van der Waals surface area contributed by atoms with Crippen molar-refractivity contribution in [3.63, 3.8) is 0 Å². The van der Waals surface area contributed by atoms with Crippen LogP contribution in [0.25, 0.3) is 0 Å². The Kier molecular flexibility index (Phi) is 17.4. The van der Waals surface area contributed by atoms with Gasteiger partial charge >= 0.3 is 0 Å². The Hall–Kier alpha value is -2.63. The zero-order valence-electron chi connectivity index (χ0n) is 32.1. The lowest BCUT2D eigenvalue weighted by Gasteiger charge is -2.50. The highest BCUT2D eigenvalue weighted by atomic mass is 33.1. The summed E-state index contributed by atoms with van der Waals surface area (Å²) in [7, 11) is 2.91. The molecule has 0 aromatic carbocycles. The van der Waals surface area contributed by atoms with Crippen molar-refractivity contribution in [3.05, 3.63) is 24.4 Å². The molecule has 0 aliphatic carbocycles. The van der Waals surface area contributed by atoms with Crippen LogP contribution >= 0.6 is 21.6 Å². The van der Waals surface area contributed by atoms with Crippen LogP contribution in [0.4, 0.5) is 0 Å². The van der Waals surface area contributed by atoms with Gasteiger partial charge in [0.05, 0.1) is 30.4 Å². The number of nitrogens with one attached hydrogen (secondary N) is 4. The molecule has 1 aromatic heterocycles. The molecular formula is C35H56N6O12S2. The van der Waals surface area contributed by atoms with E-state index in [1.54, 1.807) is 27.0 Å². The monoisotopic (exact) mass is 816 g/mol. The minimum absolute atomic E-state index is 0.151. The quantitative estimate of drug-likeness (QED) is 0.0835. The van der Waals surface area contributed by atoms with E-state index in [0.29, 0.717) is 18.8 Å². The first-order valence-corrected chi connectivity index (χ1v) is 20.7. The fourth-order valence-corrected chi connectivity index (χ4v) is 8.52. The summed E-state index contributed by atoms with van der Waals surface area (Å²) in [6.45, 7) is 11.1. The van der Waals surface area contributed by atoms with Crippen molar-refractivity contribution < 1.29 is 57.8 Å². The molecule has 0 saturated carbocycles. The summed E-state index contributed by atoms with van der Waals surface area (Å²) in [5.74, 6) is -1.24. The Morgan fingerprint density at radius 1 is 0.782 bits per heavy atom. The van der Waals surface area contributed by atoms with E-state index in [9.17, 15) is 29.4 Å². The molecule has 0 radical (unpaired) electrons. The average Bonchev–Trinajstić information content (AvgIpc) is 3.12. The number of ether oxygens (including phenoxy) is 6. The van der Waals surface area contributed by atoms with E-state index in [2.05, 4.69) is 26.3 Å². The molecule has 8 N–H and O–H groups in total. The van der Waals surface area contributed by atoms with Crippen LogP contribution in [0.2, 0.25) is 0 Å². The van der Waals surface area contributed by atoms with E-state index in [0.717, 1.165) is 5.03 Å². The second-order valence-corrected chi connectivity index (χ2v) is 16.3. The van der Waals surface area contributed by atoms with Crippen molar-refractivity contribution in [2.24, 2.45) is 5.73 Å². The minimum Gasteiger partial charge on any atom is -0.389 e. The van der Waals surface area contributed by atoms with E-state index in [-0.39, 0.29) is 18.2 Å². The van der Waals surface area contributed by atoms with Crippen molar-refractivity contribution in [3.8, 4) is 0 Å². The van der Waals surface area contributed by atoms with Crippen LogP contribution in [0.3, 0.4) is 0 Å². The minimum atomic E-state index is -1.48. The number of aliphatic hydroxyl groups is 2. The highest BCUT2D eigenvalue weighted by Crippen LogP contribution is 2.33. The fraction of sp³-hybridized carbons (Fsp3) is 0.743. The van der Waals surface area contributed by atoms with Crippen LogP contribution in [0, 0.1) is 0 Å². The third kappa shape index (κ3) is 12.4. The number of hydrogen-bond donors (Lipinski definition) is 7. The Morgan fingerprint density at radius 3 is 1.96 bits per heavy atom. The van der Waals surface area contributed by atoms with Crippen LogP contribution < -0.4 is 27.0 Å². The number of rotatable bonds is 16. The molecule has 3 saturated heterocycles. The SMILES string of the molecule is CCCO[C@@H]1OC(C)[C@@H](N)[C@H](O[C@@H]2OC(C)[C@@H](O[C@@H]3OC(C)[C@@H](NC(=O)CCSSc4ccccn4)[C@H](O)C3NC(C)=O)[C@H](O)C2NC(C)=O)C1NC(C)=O. The van der Waals surface area contributed by atoms with Crippen LogP contribution in [0.5, 0.6) is 0 Å². The van der Waals surface area contributed by atoms with E-state index < -0.39 is 104 Å². The molecule has 1 aromatic rings. The van der Waals surface area contributed by atoms with Crippen LogP contribution in [0.1, 0.15) is 61.3 Å². The molecule has 4 rings (SSSR count). The molecule has 4 amide bonds. The number of aromatic nitrogens is 1. The molecule has 6 unspecified atom stereocenters. The first kappa shape index (κ1) is 45.1. The van der Waals surface area contributed by atoms with Gasteiger partial charge in [0.15, 0.2) is 18.9 Å². The van der Waals surface area contributed by atoms with Crippen LogP contribution in [-0.2, 0) is 47.6 Å². The standard InChI is InChI=1S/C35H56N6O12S2/c1-8-14-48-33-28(40-21(7)44)32(24(36)16(2)49-33)53-35-27(39-20(6)43)30(47)31(18(4)51-35)52-34-26(38-19(5)42)29(46)25(17(3)50-34)41-22(45)12-15-54-55-23-11-9-10-13-37-23/h9-11,13,16-18,24-35,46-47H,8,12,14-15,36H2,1-7H3,(H,38,42)(H,39,43)(H,40,44)(H,41,45)/t16?,17?,18?,24-,25-,26?,27?,28?,29+,30-,31-,32+,33-,34+,35+/m1/s1. The topological polar surface area (TPSA) is 251 Å². The van der Waals surface area contributed by atoms with Crippen molar-refractivity contribution in [1.29, 1.82) is 0 Å². The first-order valence-electron chi connectivity index (χ1n) is 18.4. The van der Waals surface area contributed by atoms with Gasteiger partial charge in [-0.25, -0.2) is 4.98 Å². The summed E-state index contributed by atoms with van der Waals surface area (Å²) in [4.78, 5) is 54.2. The average molecular weight is 817 g/mol. The lowest BCUT2D eigenvalue weighted by atomic mass is 9.92. The number of hydrogen-bond acceptors (Lipinski definition) is 16. The van der Waals surface area contributed by atoms with E-state index in [1.807, 2.05) is 25.1 Å². The summed E-state index contributed by atoms with van der Waals surface area (Å²) in [6, 6.07) is 0.601. The molecule has 18 nitrogen and oxygen atoms in total. The second-order valence-electron chi connectivity index (χ2n) is 13.9. The molecule has 3 aliphatic rings. The van der Waals surface area contributed by atoms with Crippen molar-refractivity contribution in [1.82, 2.24) is 26.3 Å². The number of pyridine rings is 1. The van der Waals surface area contributed by atoms with E-state index in [1.165, 1.54) is 42.4 Å². The maximum atomic E-state index is 12.9. The van der Waals surface area contributed by atoms with E-state index in [4.69, 9.17) is 34.2 Å². The summed E-state index contributed by atoms with van der Waals surface area (Å²) in [5, 5.41) is 35.1. The Bertz CT molecular complexity index is 1420. The Balaban J connectivity index is 1.47. The molecule has 4 heterocycles. The van der Waals surface area contributed by atoms with Gasteiger partial charge in [0.1, 0.15) is 47.6 Å². The maximum Gasteiger partial charge on any atom is 0.221 e. The van der Waals surface area contributed by atoms with Gasteiger partial charge in [0.2, 0.25) is 23.6 Å². The highest BCUT2D eigenvalue weighted by molar-refractivity contribution is 8.76. The van der Waals surface area contributed by atoms with Gasteiger partial charge in [-0.05, 0) is 50.1 Å². The lowest BCUT2D eigenvalue weighted by molar-refractivity contribution is -0.332. The number of nitrogens with zero attached hydrogens (tertiary/aromatic N) is 1. The smallest absolute Gasteiger partial charge is 0.221 e. The van der Waals surface area contributed by atoms with Gasteiger partial charge < -0.3 is 65.6 Å². The highest BCUT2D eigenvalue weighted by Gasteiger charge is 2.53. The predicted molar refractivity (Wildman–Crippen MR) is 201 cm³/mol. The van der Waals surface area contributed by atoms with Crippen molar-refractivity contribution in [2.75, 3.05) is 12.4 Å². The fourth-order valence-electron chi connectivity index (χ4n) is 6.65. The molecule has 0 spiro atoms. The molecule has 3 aliphatic heterocycles. The number of nitrogens with two attached hydrogens (primary N) is 1. The van der Waals surface area contributed by atoms with Crippen LogP contribution in [-0.4, -0.2) is 143 Å². The third-order valence-electron chi connectivity index (χ3n) is 9.31. The van der Waals surface area contributed by atoms with E-state index >= 15 is 0 Å². The molecule has 15 atom stereocenters. The van der Waals surface area contributed by atoms with Gasteiger partial charge in [-0.3, -0.25) is 19.2 Å². The van der Waals surface area contributed by atoms with Gasteiger partial charge in [-0.1, -0.05) is 23.8 Å². The summed E-state index contributed by atoms with van der Waals surface area (Å²) >= 11 is 0. The predicted octanol–water partition coefficient (Wildman–Crippen LogP) is -0.309. The second kappa shape index (κ2) is 21.2. The van der Waals surface area contributed by atoms with Gasteiger partial charge in [0, 0.05) is 45.7 Å². The van der Waals surface area contributed by atoms with Crippen molar-refractivity contribution in [2.45, 2.75) is 158 Å². The van der Waals surface area contributed by atoms with Gasteiger partial charge in [-0.2, -0.15) is 0 Å². The summed E-state index contributed by atoms with van der Waals surface area (Å²) < 4.78 is 37.0. The molecule has 310 valence electrons. The zero-order valence-corrected chi connectivity index (χ0v) is 33.7. The summed E-state index contributed by atoms with van der Waals surface area (Å²) in [6.07, 6.45) is -8.25. The van der Waals surface area contributed by atoms with Crippen molar-refractivity contribution >= 4 is 45.2 Å². The molecular weight excluding hydrogens is 761 g/mol. The normalized spacial score (nSPS) is 36.4. The van der Waals surface area contributed by atoms with Gasteiger partial charge in [-0.15, -0.1) is 0 Å². The summed E-state index contributed by atoms with van der Waals surface area (Å²) in [5.41, 5.74) is 6.55. The molecule has 55 heavy (non-hydrogen) atoms. The maximum absolute atomic E-state index is 12.9. The van der Waals surface area contributed by atoms with Gasteiger partial charge in [0.25, 0.3) is 0 Å². The van der Waals surface area contributed by atoms with Crippen LogP contribution in [0.15, 0.2) is 29.4 Å². The number of aliphatic hydroxyl groups excluding tert-OH is 2.